The Bertz CT molecular complexity index is 680. The fraction of sp³-hybridized carbons (Fsp3) is 0.350. The number of aryl methyl sites for hydroxylation is 1. The average molecular weight is 328 g/mol. The molecule has 1 fully saturated rings. The number of nitrogens with zero attached hydrogens (tertiary/aromatic N) is 1. The largest absolute Gasteiger partial charge is 0.338 e. The van der Waals surface area contributed by atoms with Gasteiger partial charge in [0.05, 0.1) is 0 Å². The lowest BCUT2D eigenvalue weighted by molar-refractivity contribution is 0.0754. The highest BCUT2D eigenvalue weighted by atomic mass is 35.5. The molecule has 0 bridgehead atoms. The molecule has 0 spiro atoms. The van der Waals surface area contributed by atoms with Crippen molar-refractivity contribution < 1.29 is 4.79 Å². The predicted molar refractivity (Wildman–Crippen MR) is 95.1 cm³/mol. The number of hydrogen-bond acceptors (Lipinski definition) is 1. The number of carbonyl (C=O) groups is 1. The molecule has 1 unspecified atom stereocenters. The highest BCUT2D eigenvalue weighted by Gasteiger charge is 2.24. The second kappa shape index (κ2) is 7.18. The van der Waals surface area contributed by atoms with Gasteiger partial charge in [-0.2, -0.15) is 0 Å². The zero-order valence-corrected chi connectivity index (χ0v) is 14.2. The van der Waals surface area contributed by atoms with Gasteiger partial charge in [0.1, 0.15) is 0 Å². The van der Waals surface area contributed by atoms with E-state index in [0.29, 0.717) is 5.92 Å². The first-order chi connectivity index (χ1) is 11.1. The second-order valence-electron chi connectivity index (χ2n) is 6.31. The van der Waals surface area contributed by atoms with Crippen LogP contribution in [-0.2, 0) is 0 Å². The minimum atomic E-state index is 0.156. The van der Waals surface area contributed by atoms with Crippen LogP contribution in [0.2, 0.25) is 5.02 Å². The van der Waals surface area contributed by atoms with Gasteiger partial charge in [-0.15, -0.1) is 0 Å². The van der Waals surface area contributed by atoms with Gasteiger partial charge in [-0.05, 0) is 49.1 Å². The summed E-state index contributed by atoms with van der Waals surface area (Å²) in [5, 5.41) is 0.759. The van der Waals surface area contributed by atoms with Crippen LogP contribution in [-0.4, -0.2) is 23.9 Å². The van der Waals surface area contributed by atoms with E-state index >= 15 is 0 Å². The van der Waals surface area contributed by atoms with Crippen molar-refractivity contribution in [3.8, 4) is 0 Å². The molecular weight excluding hydrogens is 306 g/mol. The summed E-state index contributed by atoms with van der Waals surface area (Å²) in [6.45, 7) is 3.63. The summed E-state index contributed by atoms with van der Waals surface area (Å²) in [7, 11) is 0. The third-order valence-electron chi connectivity index (χ3n) is 4.68. The maximum absolute atomic E-state index is 12.9. The lowest BCUT2D eigenvalue weighted by Gasteiger charge is -2.25. The highest BCUT2D eigenvalue weighted by Crippen LogP contribution is 2.28. The van der Waals surface area contributed by atoms with Gasteiger partial charge in [0, 0.05) is 29.6 Å². The molecule has 3 rings (SSSR count). The Balaban J connectivity index is 1.81. The summed E-state index contributed by atoms with van der Waals surface area (Å²) in [6, 6.07) is 15.9. The first-order valence-electron chi connectivity index (χ1n) is 8.25. The van der Waals surface area contributed by atoms with Crippen LogP contribution in [0, 0.1) is 6.92 Å². The van der Waals surface area contributed by atoms with E-state index in [0.717, 1.165) is 48.5 Å². The highest BCUT2D eigenvalue weighted by molar-refractivity contribution is 6.30. The number of halogens is 1. The first kappa shape index (κ1) is 16.1. The third kappa shape index (κ3) is 3.76. The van der Waals surface area contributed by atoms with Crippen LogP contribution in [0.4, 0.5) is 0 Å². The Kier molecular flexibility index (Phi) is 5.02. The van der Waals surface area contributed by atoms with E-state index in [1.165, 1.54) is 5.56 Å². The number of benzene rings is 2. The summed E-state index contributed by atoms with van der Waals surface area (Å²) in [5.41, 5.74) is 3.15. The van der Waals surface area contributed by atoms with Crippen LogP contribution in [0.25, 0.3) is 0 Å². The molecule has 1 aliphatic rings. The molecule has 1 saturated heterocycles. The minimum Gasteiger partial charge on any atom is -0.338 e. The van der Waals surface area contributed by atoms with Gasteiger partial charge >= 0.3 is 0 Å². The van der Waals surface area contributed by atoms with Gasteiger partial charge in [0.15, 0.2) is 0 Å². The monoisotopic (exact) mass is 327 g/mol. The molecule has 0 aromatic heterocycles. The Morgan fingerprint density at radius 1 is 1.09 bits per heavy atom. The molecule has 2 aromatic rings. The Hall–Kier alpha value is -1.80. The normalized spacial score (nSPS) is 18.5. The van der Waals surface area contributed by atoms with E-state index in [1.807, 2.05) is 48.2 Å². The van der Waals surface area contributed by atoms with Crippen molar-refractivity contribution in [1.29, 1.82) is 0 Å². The fourth-order valence-electron chi connectivity index (χ4n) is 3.32. The predicted octanol–water partition coefficient (Wildman–Crippen LogP) is 5.06. The molecular formula is C20H22ClNO. The van der Waals surface area contributed by atoms with E-state index < -0.39 is 0 Å². The molecule has 23 heavy (non-hydrogen) atoms. The molecule has 1 atom stereocenters. The van der Waals surface area contributed by atoms with E-state index in [-0.39, 0.29) is 5.91 Å². The quantitative estimate of drug-likeness (QED) is 0.755. The maximum Gasteiger partial charge on any atom is 0.254 e. The third-order valence-corrected chi connectivity index (χ3v) is 4.93. The van der Waals surface area contributed by atoms with Crippen molar-refractivity contribution in [1.82, 2.24) is 4.90 Å². The SMILES string of the molecule is Cc1ccccc1C(=O)N1CCCCC(c2ccc(Cl)cc2)C1. The van der Waals surface area contributed by atoms with Crippen molar-refractivity contribution in [3.63, 3.8) is 0 Å². The van der Waals surface area contributed by atoms with Crippen molar-refractivity contribution in [2.45, 2.75) is 32.1 Å². The van der Waals surface area contributed by atoms with Crippen molar-refractivity contribution in [2.75, 3.05) is 13.1 Å². The lowest BCUT2D eigenvalue weighted by Crippen LogP contribution is -2.34. The number of likely N-dealkylation sites (tertiary alicyclic amines) is 1. The zero-order chi connectivity index (χ0) is 16.2. The van der Waals surface area contributed by atoms with Gasteiger partial charge in [0.25, 0.3) is 5.91 Å². The standard InChI is InChI=1S/C20H22ClNO/c1-15-6-2-3-8-19(15)20(23)22-13-5-4-7-17(14-22)16-9-11-18(21)12-10-16/h2-3,6,8-12,17H,4-5,7,13-14H2,1H3. The summed E-state index contributed by atoms with van der Waals surface area (Å²) >= 11 is 5.99. The molecule has 3 heteroatoms. The number of rotatable bonds is 2. The smallest absolute Gasteiger partial charge is 0.254 e. The number of amides is 1. The van der Waals surface area contributed by atoms with Crippen LogP contribution in [0.5, 0.6) is 0 Å². The van der Waals surface area contributed by atoms with Crippen molar-refractivity contribution >= 4 is 17.5 Å². The van der Waals surface area contributed by atoms with Gasteiger partial charge in [0.2, 0.25) is 0 Å². The molecule has 2 nitrogen and oxygen atoms in total. The molecule has 1 amide bonds. The van der Waals surface area contributed by atoms with Crippen molar-refractivity contribution in [3.05, 3.63) is 70.2 Å². The Labute approximate surface area is 143 Å². The first-order valence-corrected chi connectivity index (χ1v) is 8.63. The van der Waals surface area contributed by atoms with E-state index in [9.17, 15) is 4.79 Å². The minimum absolute atomic E-state index is 0.156. The van der Waals surface area contributed by atoms with E-state index in [4.69, 9.17) is 11.6 Å². The van der Waals surface area contributed by atoms with Crippen LogP contribution in [0.15, 0.2) is 48.5 Å². The maximum atomic E-state index is 12.9. The zero-order valence-electron chi connectivity index (χ0n) is 13.5. The summed E-state index contributed by atoms with van der Waals surface area (Å²) in [6.07, 6.45) is 3.35. The summed E-state index contributed by atoms with van der Waals surface area (Å²) in [4.78, 5) is 14.9. The molecule has 0 saturated carbocycles. The second-order valence-corrected chi connectivity index (χ2v) is 6.75. The molecule has 0 radical (unpaired) electrons. The number of hydrogen-bond donors (Lipinski definition) is 0. The van der Waals surface area contributed by atoms with E-state index in [1.54, 1.807) is 0 Å². The topological polar surface area (TPSA) is 20.3 Å². The lowest BCUT2D eigenvalue weighted by atomic mass is 9.94. The fourth-order valence-corrected chi connectivity index (χ4v) is 3.44. The van der Waals surface area contributed by atoms with Crippen LogP contribution < -0.4 is 0 Å². The molecule has 1 aliphatic heterocycles. The van der Waals surface area contributed by atoms with Gasteiger partial charge in [-0.3, -0.25) is 4.79 Å². The van der Waals surface area contributed by atoms with Crippen molar-refractivity contribution in [2.24, 2.45) is 0 Å². The van der Waals surface area contributed by atoms with Crippen LogP contribution in [0.1, 0.15) is 46.7 Å². The molecule has 0 N–H and O–H groups in total. The van der Waals surface area contributed by atoms with Crippen LogP contribution in [0.3, 0.4) is 0 Å². The number of carbonyl (C=O) groups excluding carboxylic acids is 1. The molecule has 0 aliphatic carbocycles. The molecule has 1 heterocycles. The Morgan fingerprint density at radius 2 is 1.83 bits per heavy atom. The van der Waals surface area contributed by atoms with Crippen LogP contribution >= 0.6 is 11.6 Å². The van der Waals surface area contributed by atoms with Gasteiger partial charge < -0.3 is 4.90 Å². The average Bonchev–Trinajstić information content (AvgIpc) is 2.81. The summed E-state index contributed by atoms with van der Waals surface area (Å²) < 4.78 is 0. The Morgan fingerprint density at radius 3 is 2.57 bits per heavy atom. The van der Waals surface area contributed by atoms with Gasteiger partial charge in [-0.25, -0.2) is 0 Å². The van der Waals surface area contributed by atoms with Gasteiger partial charge in [-0.1, -0.05) is 48.4 Å². The molecule has 120 valence electrons. The van der Waals surface area contributed by atoms with E-state index in [2.05, 4.69) is 12.1 Å². The summed E-state index contributed by atoms with van der Waals surface area (Å²) in [5.74, 6) is 0.548. The molecule has 2 aromatic carbocycles.